The summed E-state index contributed by atoms with van der Waals surface area (Å²) in [6.45, 7) is 2.39. The zero-order valence-electron chi connectivity index (χ0n) is 10.6. The third-order valence-electron chi connectivity index (χ3n) is 3.17. The molecule has 3 N–H and O–H groups in total. The van der Waals surface area contributed by atoms with Crippen LogP contribution in [0.3, 0.4) is 0 Å². The smallest absolute Gasteiger partial charge is 0.233 e. The number of hydrogen-bond donors (Lipinski definition) is 3. The van der Waals surface area contributed by atoms with Crippen molar-refractivity contribution >= 4 is 5.91 Å². The van der Waals surface area contributed by atoms with Gasteiger partial charge in [0.1, 0.15) is 0 Å². The van der Waals surface area contributed by atoms with Crippen LogP contribution in [0, 0.1) is 5.92 Å². The van der Waals surface area contributed by atoms with Gasteiger partial charge in [0.2, 0.25) is 5.91 Å². The number of ether oxygens (including phenoxy) is 1. The number of carbonyl (C=O) groups excluding carboxylic acids is 1. The fourth-order valence-electron chi connectivity index (χ4n) is 2.05. The highest BCUT2D eigenvalue weighted by molar-refractivity contribution is 5.77. The summed E-state index contributed by atoms with van der Waals surface area (Å²) >= 11 is 0. The maximum atomic E-state index is 11.4. The molecular formula is C12H24N2O3. The SMILES string of the molecule is COCCNCC(=O)NCC1CCC(O)CC1. The summed E-state index contributed by atoms with van der Waals surface area (Å²) in [5.41, 5.74) is 0. The molecule has 0 aliphatic heterocycles. The molecule has 1 fully saturated rings. The quantitative estimate of drug-likeness (QED) is 0.547. The van der Waals surface area contributed by atoms with E-state index < -0.39 is 0 Å². The summed E-state index contributed by atoms with van der Waals surface area (Å²) in [4.78, 5) is 11.4. The van der Waals surface area contributed by atoms with E-state index in [-0.39, 0.29) is 12.0 Å². The Hall–Kier alpha value is -0.650. The second-order valence-corrected chi connectivity index (χ2v) is 4.65. The Kier molecular flexibility index (Phi) is 7.16. The van der Waals surface area contributed by atoms with Crippen LogP contribution in [-0.4, -0.2) is 50.5 Å². The Balaban J connectivity index is 1.99. The topological polar surface area (TPSA) is 70.6 Å². The Morgan fingerprint density at radius 3 is 2.71 bits per heavy atom. The normalized spacial score (nSPS) is 24.6. The summed E-state index contributed by atoms with van der Waals surface area (Å²) in [5.74, 6) is 0.563. The lowest BCUT2D eigenvalue weighted by atomic mass is 9.87. The third-order valence-corrected chi connectivity index (χ3v) is 3.17. The van der Waals surface area contributed by atoms with E-state index in [4.69, 9.17) is 4.74 Å². The monoisotopic (exact) mass is 244 g/mol. The van der Waals surface area contributed by atoms with E-state index in [2.05, 4.69) is 10.6 Å². The number of amides is 1. The molecule has 1 rings (SSSR count). The van der Waals surface area contributed by atoms with Crippen molar-refractivity contribution in [2.45, 2.75) is 31.8 Å². The van der Waals surface area contributed by atoms with Gasteiger partial charge in [-0.3, -0.25) is 4.79 Å². The Morgan fingerprint density at radius 2 is 2.06 bits per heavy atom. The van der Waals surface area contributed by atoms with E-state index in [9.17, 15) is 9.90 Å². The zero-order chi connectivity index (χ0) is 12.5. The third kappa shape index (κ3) is 6.61. The number of aliphatic hydroxyl groups excluding tert-OH is 1. The molecule has 0 spiro atoms. The summed E-state index contributed by atoms with van der Waals surface area (Å²) in [7, 11) is 1.64. The van der Waals surface area contributed by atoms with Crippen molar-refractivity contribution in [2.24, 2.45) is 5.92 Å². The predicted molar refractivity (Wildman–Crippen MR) is 65.7 cm³/mol. The van der Waals surface area contributed by atoms with Crippen molar-refractivity contribution in [3.05, 3.63) is 0 Å². The van der Waals surface area contributed by atoms with Gasteiger partial charge in [0.25, 0.3) is 0 Å². The van der Waals surface area contributed by atoms with Gasteiger partial charge in [-0.15, -0.1) is 0 Å². The van der Waals surface area contributed by atoms with E-state index in [0.29, 0.717) is 25.6 Å². The first-order valence-electron chi connectivity index (χ1n) is 6.36. The van der Waals surface area contributed by atoms with Crippen molar-refractivity contribution in [1.82, 2.24) is 10.6 Å². The number of methoxy groups -OCH3 is 1. The summed E-state index contributed by atoms with van der Waals surface area (Å²) in [6, 6.07) is 0. The molecule has 0 bridgehead atoms. The number of carbonyl (C=O) groups is 1. The lowest BCUT2D eigenvalue weighted by Gasteiger charge is -2.25. The van der Waals surface area contributed by atoms with Crippen molar-refractivity contribution in [3.63, 3.8) is 0 Å². The molecule has 100 valence electrons. The largest absolute Gasteiger partial charge is 0.393 e. The van der Waals surface area contributed by atoms with Crippen LogP contribution in [0.5, 0.6) is 0 Å². The van der Waals surface area contributed by atoms with Gasteiger partial charge in [-0.1, -0.05) is 0 Å². The van der Waals surface area contributed by atoms with Gasteiger partial charge in [-0.2, -0.15) is 0 Å². The molecule has 17 heavy (non-hydrogen) atoms. The van der Waals surface area contributed by atoms with Gasteiger partial charge >= 0.3 is 0 Å². The molecule has 1 saturated carbocycles. The Bertz CT molecular complexity index is 216. The number of hydrogen-bond acceptors (Lipinski definition) is 4. The van der Waals surface area contributed by atoms with E-state index in [1.165, 1.54) is 0 Å². The molecule has 0 saturated heterocycles. The molecule has 0 radical (unpaired) electrons. The summed E-state index contributed by atoms with van der Waals surface area (Å²) < 4.78 is 4.87. The number of nitrogens with one attached hydrogen (secondary N) is 2. The number of aliphatic hydroxyl groups is 1. The van der Waals surface area contributed by atoms with Gasteiger partial charge < -0.3 is 20.5 Å². The average Bonchev–Trinajstić information content (AvgIpc) is 2.34. The molecule has 1 aliphatic carbocycles. The van der Waals surface area contributed by atoms with Crippen LogP contribution in [-0.2, 0) is 9.53 Å². The Labute approximate surface area is 103 Å². The summed E-state index contributed by atoms with van der Waals surface area (Å²) in [6.07, 6.45) is 3.63. The first-order chi connectivity index (χ1) is 8.22. The minimum absolute atomic E-state index is 0.0345. The second-order valence-electron chi connectivity index (χ2n) is 4.65. The maximum absolute atomic E-state index is 11.4. The van der Waals surface area contributed by atoms with Crippen LogP contribution >= 0.6 is 0 Å². The molecule has 5 heteroatoms. The van der Waals surface area contributed by atoms with Crippen molar-refractivity contribution in [3.8, 4) is 0 Å². The van der Waals surface area contributed by atoms with Gasteiger partial charge in [0.05, 0.1) is 19.3 Å². The molecule has 5 nitrogen and oxygen atoms in total. The molecule has 1 amide bonds. The standard InChI is InChI=1S/C12H24N2O3/c1-17-7-6-13-9-12(16)14-8-10-2-4-11(15)5-3-10/h10-11,13,15H,2-9H2,1H3,(H,14,16). The van der Waals surface area contributed by atoms with Gasteiger partial charge in [-0.05, 0) is 31.6 Å². The number of rotatable bonds is 7. The highest BCUT2D eigenvalue weighted by Gasteiger charge is 2.19. The van der Waals surface area contributed by atoms with Crippen molar-refractivity contribution in [1.29, 1.82) is 0 Å². The second kappa shape index (κ2) is 8.44. The van der Waals surface area contributed by atoms with Crippen LogP contribution < -0.4 is 10.6 Å². The van der Waals surface area contributed by atoms with Gasteiger partial charge in [-0.25, -0.2) is 0 Å². The van der Waals surface area contributed by atoms with Crippen molar-refractivity contribution in [2.75, 3.05) is 33.4 Å². The molecular weight excluding hydrogens is 220 g/mol. The van der Waals surface area contributed by atoms with E-state index in [1.807, 2.05) is 0 Å². The van der Waals surface area contributed by atoms with Gasteiger partial charge in [0, 0.05) is 20.2 Å². The summed E-state index contributed by atoms with van der Waals surface area (Å²) in [5, 5.41) is 15.3. The molecule has 0 atom stereocenters. The zero-order valence-corrected chi connectivity index (χ0v) is 10.6. The molecule has 0 unspecified atom stereocenters. The van der Waals surface area contributed by atoms with Crippen LogP contribution in [0.1, 0.15) is 25.7 Å². The molecule has 0 aromatic carbocycles. The first-order valence-corrected chi connectivity index (χ1v) is 6.36. The molecule has 0 aromatic heterocycles. The molecule has 1 aliphatic rings. The van der Waals surface area contributed by atoms with Crippen LogP contribution in [0.25, 0.3) is 0 Å². The van der Waals surface area contributed by atoms with Crippen LogP contribution in [0.4, 0.5) is 0 Å². The van der Waals surface area contributed by atoms with E-state index in [0.717, 1.165) is 32.2 Å². The predicted octanol–water partition coefficient (Wildman–Crippen LogP) is -0.110. The lowest BCUT2D eigenvalue weighted by molar-refractivity contribution is -0.120. The minimum atomic E-state index is -0.127. The fraction of sp³-hybridized carbons (Fsp3) is 0.917. The Morgan fingerprint density at radius 1 is 1.35 bits per heavy atom. The maximum Gasteiger partial charge on any atom is 0.233 e. The van der Waals surface area contributed by atoms with E-state index >= 15 is 0 Å². The highest BCUT2D eigenvalue weighted by Crippen LogP contribution is 2.23. The fourth-order valence-corrected chi connectivity index (χ4v) is 2.05. The minimum Gasteiger partial charge on any atom is -0.393 e. The van der Waals surface area contributed by atoms with Crippen LogP contribution in [0.15, 0.2) is 0 Å². The molecule has 0 aromatic rings. The molecule has 0 heterocycles. The van der Waals surface area contributed by atoms with Crippen molar-refractivity contribution < 1.29 is 14.6 Å². The average molecular weight is 244 g/mol. The lowest BCUT2D eigenvalue weighted by Crippen LogP contribution is -2.38. The van der Waals surface area contributed by atoms with E-state index in [1.54, 1.807) is 7.11 Å². The van der Waals surface area contributed by atoms with Crippen LogP contribution in [0.2, 0.25) is 0 Å². The van der Waals surface area contributed by atoms with Gasteiger partial charge in [0.15, 0.2) is 0 Å². The first kappa shape index (κ1) is 14.4. The highest BCUT2D eigenvalue weighted by atomic mass is 16.5.